The molecule has 80 valence electrons. The topological polar surface area (TPSA) is 40.1 Å². The zero-order valence-electron chi connectivity index (χ0n) is 8.67. The molecule has 0 bridgehead atoms. The van der Waals surface area contributed by atoms with E-state index in [9.17, 15) is 13.2 Å². The lowest BCUT2D eigenvalue weighted by atomic mass is 9.89. The third-order valence-corrected chi connectivity index (χ3v) is 5.71. The molecular formula is C10H15FO2S. The molecule has 2 fully saturated rings. The minimum Gasteiger partial charge on any atom is -0.580 e. The third-order valence-electron chi connectivity index (χ3n) is 4.19. The number of hydrogen-bond acceptors (Lipinski definition) is 2. The average molecular weight is 218 g/mol. The standard InChI is InChI=1S/C10H15FO2S/c1-6-4-5-7-9(2,3)10(7,8(6)12)14(11)13/h6-7H,4-5H2,1-3H3. The second-order valence-electron chi connectivity index (χ2n) is 5.08. The molecule has 0 radical (unpaired) electrons. The third kappa shape index (κ3) is 0.890. The Balaban J connectivity index is 2.40. The van der Waals surface area contributed by atoms with Gasteiger partial charge in [0.05, 0.1) is 0 Å². The molecule has 0 heterocycles. The maximum atomic E-state index is 13.2. The molecule has 2 nitrogen and oxygen atoms in total. The first-order valence-electron chi connectivity index (χ1n) is 4.99. The van der Waals surface area contributed by atoms with Gasteiger partial charge in [0.1, 0.15) is 0 Å². The number of hydrogen-bond donors (Lipinski definition) is 0. The SMILES string of the molecule is CC1CCC2C(C)(C)C2([S+]([O-])F)C1=O. The molecule has 0 aromatic heterocycles. The number of fused-ring (bicyclic) bond motifs is 1. The first-order chi connectivity index (χ1) is 6.36. The van der Waals surface area contributed by atoms with Crippen molar-refractivity contribution in [2.75, 3.05) is 0 Å². The summed E-state index contributed by atoms with van der Waals surface area (Å²) in [6.45, 7) is 5.51. The highest BCUT2D eigenvalue weighted by Crippen LogP contribution is 2.71. The maximum absolute atomic E-state index is 13.2. The lowest BCUT2D eigenvalue weighted by molar-refractivity contribution is -0.124. The summed E-state index contributed by atoms with van der Waals surface area (Å²) >= 11 is -2.51. The van der Waals surface area contributed by atoms with Crippen LogP contribution >= 0.6 is 0 Å². The summed E-state index contributed by atoms with van der Waals surface area (Å²) in [7, 11) is 0. The monoisotopic (exact) mass is 218 g/mol. The molecule has 2 aliphatic carbocycles. The lowest BCUT2D eigenvalue weighted by Crippen LogP contribution is -2.41. The normalized spacial score (nSPS) is 47.1. The zero-order valence-corrected chi connectivity index (χ0v) is 9.49. The number of Topliss-reactive ketones (excluding diaryl/α,β-unsaturated/α-hetero) is 1. The zero-order chi connectivity index (χ0) is 10.7. The van der Waals surface area contributed by atoms with Crippen LogP contribution in [0, 0.1) is 17.3 Å². The van der Waals surface area contributed by atoms with E-state index in [0.29, 0.717) is 0 Å². The van der Waals surface area contributed by atoms with Crippen molar-refractivity contribution in [2.45, 2.75) is 38.4 Å². The second-order valence-corrected chi connectivity index (χ2v) is 6.17. The molecule has 0 amide bonds. The summed E-state index contributed by atoms with van der Waals surface area (Å²) in [6.07, 6.45) is 1.64. The Morgan fingerprint density at radius 2 is 2.07 bits per heavy atom. The molecule has 2 aliphatic rings. The Morgan fingerprint density at radius 1 is 1.50 bits per heavy atom. The van der Waals surface area contributed by atoms with E-state index in [0.717, 1.165) is 12.8 Å². The lowest BCUT2D eigenvalue weighted by Gasteiger charge is -2.22. The summed E-state index contributed by atoms with van der Waals surface area (Å²) in [6, 6.07) is 0. The van der Waals surface area contributed by atoms with E-state index in [-0.39, 0.29) is 17.6 Å². The Hall–Kier alpha value is -0.0900. The fourth-order valence-electron chi connectivity index (χ4n) is 3.19. The van der Waals surface area contributed by atoms with Gasteiger partial charge in [0.15, 0.2) is 17.3 Å². The molecule has 0 spiro atoms. The minimum absolute atomic E-state index is 0.00969. The van der Waals surface area contributed by atoms with E-state index in [4.69, 9.17) is 0 Å². The highest BCUT2D eigenvalue weighted by molar-refractivity contribution is 7.89. The van der Waals surface area contributed by atoms with Crippen LogP contribution in [0.5, 0.6) is 0 Å². The molecular weight excluding hydrogens is 203 g/mol. The van der Waals surface area contributed by atoms with Crippen LogP contribution in [0.15, 0.2) is 0 Å². The van der Waals surface area contributed by atoms with Gasteiger partial charge in [0, 0.05) is 21.1 Å². The van der Waals surface area contributed by atoms with Gasteiger partial charge in [-0.1, -0.05) is 20.8 Å². The molecule has 0 saturated heterocycles. The Kier molecular flexibility index (Phi) is 2.03. The first kappa shape index (κ1) is 10.4. The largest absolute Gasteiger partial charge is 0.580 e. The van der Waals surface area contributed by atoms with Crippen LogP contribution in [0.25, 0.3) is 0 Å². The van der Waals surface area contributed by atoms with Gasteiger partial charge in [0.25, 0.3) is 0 Å². The molecule has 4 unspecified atom stereocenters. The quantitative estimate of drug-likeness (QED) is 0.632. The maximum Gasteiger partial charge on any atom is 0.231 e. The van der Waals surface area contributed by atoms with Crippen molar-refractivity contribution in [3.8, 4) is 0 Å². The van der Waals surface area contributed by atoms with Gasteiger partial charge in [0.2, 0.25) is 4.75 Å². The second kappa shape index (κ2) is 2.73. The summed E-state index contributed by atoms with van der Waals surface area (Å²) < 4.78 is 23.2. The van der Waals surface area contributed by atoms with Crippen LogP contribution in [0.3, 0.4) is 0 Å². The predicted molar refractivity (Wildman–Crippen MR) is 52.7 cm³/mol. The van der Waals surface area contributed by atoms with Crippen molar-refractivity contribution in [1.29, 1.82) is 0 Å². The molecule has 0 aromatic rings. The van der Waals surface area contributed by atoms with Crippen molar-refractivity contribution >= 4 is 17.3 Å². The number of ketones is 1. The Labute approximate surface area is 86.7 Å². The fourth-order valence-corrected chi connectivity index (χ4v) is 4.69. The molecule has 14 heavy (non-hydrogen) atoms. The van der Waals surface area contributed by atoms with Gasteiger partial charge >= 0.3 is 0 Å². The highest BCUT2D eigenvalue weighted by atomic mass is 32.3. The summed E-state index contributed by atoms with van der Waals surface area (Å²) in [4.78, 5) is 11.9. The van der Waals surface area contributed by atoms with Gasteiger partial charge in [-0.05, 0) is 12.8 Å². The molecule has 4 heteroatoms. The number of rotatable bonds is 1. The highest BCUT2D eigenvalue weighted by Gasteiger charge is 2.86. The van der Waals surface area contributed by atoms with Crippen molar-refractivity contribution in [1.82, 2.24) is 0 Å². The van der Waals surface area contributed by atoms with E-state index in [1.165, 1.54) is 0 Å². The molecule has 2 saturated carbocycles. The number of halogens is 1. The molecule has 0 aliphatic heterocycles. The van der Waals surface area contributed by atoms with Crippen LogP contribution in [0.1, 0.15) is 33.6 Å². The van der Waals surface area contributed by atoms with E-state index < -0.39 is 21.7 Å². The van der Waals surface area contributed by atoms with Crippen molar-refractivity contribution in [2.24, 2.45) is 17.3 Å². The predicted octanol–water partition coefficient (Wildman–Crippen LogP) is 2.01. The number of carbonyl (C=O) groups excluding carboxylic acids is 1. The van der Waals surface area contributed by atoms with E-state index in [1.54, 1.807) is 0 Å². The van der Waals surface area contributed by atoms with E-state index >= 15 is 0 Å². The van der Waals surface area contributed by atoms with E-state index in [2.05, 4.69) is 0 Å². The molecule has 0 aromatic carbocycles. The van der Waals surface area contributed by atoms with Gasteiger partial charge in [-0.25, -0.2) is 0 Å². The summed E-state index contributed by atoms with van der Waals surface area (Å²) in [5.41, 5.74) is -0.408. The van der Waals surface area contributed by atoms with Crippen molar-refractivity contribution < 1.29 is 13.2 Å². The van der Waals surface area contributed by atoms with Gasteiger partial charge < -0.3 is 4.55 Å². The van der Waals surface area contributed by atoms with Crippen LogP contribution in [0.4, 0.5) is 3.89 Å². The van der Waals surface area contributed by atoms with E-state index in [1.807, 2.05) is 20.8 Å². The minimum atomic E-state index is -2.51. The fraction of sp³-hybridized carbons (Fsp3) is 0.900. The Morgan fingerprint density at radius 3 is 2.50 bits per heavy atom. The van der Waals surface area contributed by atoms with Gasteiger partial charge in [-0.3, -0.25) is 4.79 Å². The average Bonchev–Trinajstić information content (AvgIpc) is 2.58. The van der Waals surface area contributed by atoms with Crippen LogP contribution in [0.2, 0.25) is 0 Å². The number of carbonyl (C=O) groups is 1. The molecule has 0 N–H and O–H groups in total. The summed E-state index contributed by atoms with van der Waals surface area (Å²) in [5.74, 6) is -0.267. The van der Waals surface area contributed by atoms with Crippen LogP contribution in [-0.2, 0) is 16.4 Å². The van der Waals surface area contributed by atoms with Gasteiger partial charge in [-0.15, -0.1) is 0 Å². The van der Waals surface area contributed by atoms with Crippen LogP contribution in [-0.4, -0.2) is 15.1 Å². The Bertz CT molecular complexity index is 290. The smallest absolute Gasteiger partial charge is 0.231 e. The van der Waals surface area contributed by atoms with Gasteiger partial charge in [-0.2, -0.15) is 0 Å². The van der Waals surface area contributed by atoms with Crippen molar-refractivity contribution in [3.05, 3.63) is 0 Å². The van der Waals surface area contributed by atoms with Crippen molar-refractivity contribution in [3.63, 3.8) is 0 Å². The first-order valence-corrected chi connectivity index (χ1v) is 6.04. The van der Waals surface area contributed by atoms with Crippen LogP contribution < -0.4 is 0 Å². The summed E-state index contributed by atoms with van der Waals surface area (Å²) in [5, 5.41) is 0. The molecule has 2 rings (SSSR count). The molecule has 4 atom stereocenters.